The number of phenols is 1. The molecule has 0 saturated carbocycles. The Morgan fingerprint density at radius 1 is 1.08 bits per heavy atom. The second kappa shape index (κ2) is 5.49. The molecule has 5 nitrogen and oxygen atoms in total. The molecule has 5 heteroatoms. The van der Waals surface area contributed by atoms with Gasteiger partial charge in [-0.2, -0.15) is 0 Å². The van der Waals surface area contributed by atoms with E-state index in [0.29, 0.717) is 23.5 Å². The minimum absolute atomic E-state index is 0.00134. The van der Waals surface area contributed by atoms with Crippen molar-refractivity contribution in [3.8, 4) is 17.2 Å². The summed E-state index contributed by atoms with van der Waals surface area (Å²) in [6.45, 7) is 3.68. The molecule has 2 atom stereocenters. The number of aromatic hydroxyl groups is 1. The average Bonchev–Trinajstić information content (AvgIpc) is 2.56. The van der Waals surface area contributed by atoms with Crippen molar-refractivity contribution in [1.29, 1.82) is 0 Å². The van der Waals surface area contributed by atoms with Crippen molar-refractivity contribution in [1.82, 2.24) is 0 Å². The van der Waals surface area contributed by atoms with Crippen LogP contribution in [0.3, 0.4) is 0 Å². The van der Waals surface area contributed by atoms with E-state index < -0.39 is 17.8 Å². The molecule has 2 aliphatic rings. The molecule has 0 amide bonds. The summed E-state index contributed by atoms with van der Waals surface area (Å²) in [4.78, 5) is 12.6. The molecular weight excluding hydrogens is 320 g/mol. The lowest BCUT2D eigenvalue weighted by molar-refractivity contribution is -0.0422. The summed E-state index contributed by atoms with van der Waals surface area (Å²) in [5.41, 5.74) is 1.41. The average molecular weight is 340 g/mol. The Morgan fingerprint density at radius 3 is 2.52 bits per heavy atom. The number of ketones is 1. The maximum atomic E-state index is 12.6. The molecule has 0 aromatic heterocycles. The number of hydrogen-bond donors (Lipinski definition) is 2. The van der Waals surface area contributed by atoms with Crippen LogP contribution in [0.2, 0.25) is 0 Å². The molecule has 2 aliphatic heterocycles. The molecule has 2 N–H and O–H groups in total. The maximum absolute atomic E-state index is 12.6. The summed E-state index contributed by atoms with van der Waals surface area (Å²) >= 11 is 0. The van der Waals surface area contributed by atoms with E-state index in [2.05, 4.69) is 0 Å². The standard InChI is InChI=1S/C20H20O5/c1-20(2)18(23)9-14-16(25-20)8-7-13-15(22)10-17(24-19(13)14)11-3-5-12(21)6-4-11/h3-8,17-18,21,23H,9-10H2,1-2H3/t17-,18?/m0/s1. The fraction of sp³-hybridized carbons (Fsp3) is 0.350. The van der Waals surface area contributed by atoms with Crippen LogP contribution >= 0.6 is 0 Å². The number of aliphatic hydroxyl groups excluding tert-OH is 1. The van der Waals surface area contributed by atoms with E-state index in [1.54, 1.807) is 36.4 Å². The van der Waals surface area contributed by atoms with Gasteiger partial charge in [0.05, 0.1) is 18.1 Å². The highest BCUT2D eigenvalue weighted by Crippen LogP contribution is 2.45. The molecule has 0 bridgehead atoms. The van der Waals surface area contributed by atoms with E-state index in [4.69, 9.17) is 9.47 Å². The molecule has 0 saturated heterocycles. The lowest BCUT2D eigenvalue weighted by Crippen LogP contribution is -2.46. The third-order valence-corrected chi connectivity index (χ3v) is 4.99. The van der Waals surface area contributed by atoms with Crippen LogP contribution in [-0.4, -0.2) is 27.7 Å². The summed E-state index contributed by atoms with van der Waals surface area (Å²) in [6.07, 6.45) is -0.481. The lowest BCUT2D eigenvalue weighted by Gasteiger charge is -2.39. The van der Waals surface area contributed by atoms with Gasteiger partial charge in [0.25, 0.3) is 0 Å². The van der Waals surface area contributed by atoms with E-state index in [9.17, 15) is 15.0 Å². The Labute approximate surface area is 145 Å². The van der Waals surface area contributed by atoms with Crippen molar-refractivity contribution in [3.05, 3.63) is 53.1 Å². The van der Waals surface area contributed by atoms with Crippen LogP contribution in [0.15, 0.2) is 36.4 Å². The highest BCUT2D eigenvalue weighted by atomic mass is 16.5. The molecule has 1 unspecified atom stereocenters. The molecule has 0 aliphatic carbocycles. The number of benzene rings is 2. The summed E-state index contributed by atoms with van der Waals surface area (Å²) in [5, 5.41) is 19.8. The van der Waals surface area contributed by atoms with E-state index in [1.807, 2.05) is 13.8 Å². The number of phenolic OH excluding ortho intramolecular Hbond substituents is 1. The predicted octanol–water partition coefficient (Wildman–Crippen LogP) is 3.17. The Bertz CT molecular complexity index is 838. The SMILES string of the molecule is CC1(C)Oc2ccc3c(c2CC1O)O[C@H](c1ccc(O)cc1)CC3=O. The predicted molar refractivity (Wildman–Crippen MR) is 91.3 cm³/mol. The fourth-order valence-electron chi connectivity index (χ4n) is 3.38. The Balaban J connectivity index is 1.75. The number of carbonyl (C=O) groups is 1. The van der Waals surface area contributed by atoms with Crippen LogP contribution < -0.4 is 9.47 Å². The van der Waals surface area contributed by atoms with Gasteiger partial charge < -0.3 is 19.7 Å². The highest BCUT2D eigenvalue weighted by Gasteiger charge is 2.40. The summed E-state index contributed by atoms with van der Waals surface area (Å²) < 4.78 is 12.1. The van der Waals surface area contributed by atoms with Crippen molar-refractivity contribution in [2.24, 2.45) is 0 Å². The number of fused-ring (bicyclic) bond motifs is 3. The van der Waals surface area contributed by atoms with Crippen LogP contribution in [0.25, 0.3) is 0 Å². The largest absolute Gasteiger partial charge is 0.508 e. The Kier molecular flexibility index (Phi) is 3.51. The monoisotopic (exact) mass is 340 g/mol. The van der Waals surface area contributed by atoms with Crippen LogP contribution in [0.4, 0.5) is 0 Å². The number of rotatable bonds is 1. The van der Waals surface area contributed by atoms with Gasteiger partial charge in [0.1, 0.15) is 29.0 Å². The van der Waals surface area contributed by atoms with E-state index in [-0.39, 0.29) is 18.0 Å². The van der Waals surface area contributed by atoms with Gasteiger partial charge in [0.2, 0.25) is 0 Å². The molecule has 2 aromatic carbocycles. The van der Waals surface area contributed by atoms with Crippen molar-refractivity contribution in [3.63, 3.8) is 0 Å². The first kappa shape index (κ1) is 16.0. The zero-order valence-corrected chi connectivity index (χ0v) is 14.2. The summed E-state index contributed by atoms with van der Waals surface area (Å²) in [5.74, 6) is 1.32. The molecular formula is C20H20O5. The van der Waals surface area contributed by atoms with Gasteiger partial charge in [0, 0.05) is 12.0 Å². The first-order chi connectivity index (χ1) is 11.8. The van der Waals surface area contributed by atoms with Gasteiger partial charge in [-0.3, -0.25) is 4.79 Å². The van der Waals surface area contributed by atoms with Crippen molar-refractivity contribution in [2.75, 3.05) is 0 Å². The van der Waals surface area contributed by atoms with Gasteiger partial charge in [-0.1, -0.05) is 12.1 Å². The smallest absolute Gasteiger partial charge is 0.170 e. The fourth-order valence-corrected chi connectivity index (χ4v) is 3.38. The summed E-state index contributed by atoms with van der Waals surface area (Å²) in [6, 6.07) is 10.2. The molecule has 130 valence electrons. The van der Waals surface area contributed by atoms with Crippen LogP contribution in [0.5, 0.6) is 17.2 Å². The number of aliphatic hydroxyl groups is 1. The van der Waals surface area contributed by atoms with Gasteiger partial charge in [-0.05, 0) is 43.7 Å². The minimum atomic E-state index is -0.684. The van der Waals surface area contributed by atoms with Crippen LogP contribution in [-0.2, 0) is 6.42 Å². The number of carbonyl (C=O) groups excluding carboxylic acids is 1. The zero-order chi connectivity index (χ0) is 17.8. The van der Waals surface area contributed by atoms with Crippen molar-refractivity contribution < 1.29 is 24.5 Å². The first-order valence-electron chi connectivity index (χ1n) is 8.37. The summed E-state index contributed by atoms with van der Waals surface area (Å²) in [7, 11) is 0. The third kappa shape index (κ3) is 2.65. The normalized spacial score (nSPS) is 23.9. The van der Waals surface area contributed by atoms with E-state index >= 15 is 0 Å². The van der Waals surface area contributed by atoms with Gasteiger partial charge >= 0.3 is 0 Å². The molecule has 25 heavy (non-hydrogen) atoms. The zero-order valence-electron chi connectivity index (χ0n) is 14.2. The number of Topliss-reactive ketones (excluding diaryl/α,β-unsaturated/α-hetero) is 1. The molecule has 2 aromatic rings. The van der Waals surface area contributed by atoms with Crippen LogP contribution in [0, 0.1) is 0 Å². The minimum Gasteiger partial charge on any atom is -0.508 e. The van der Waals surface area contributed by atoms with Gasteiger partial charge in [0.15, 0.2) is 5.78 Å². The maximum Gasteiger partial charge on any atom is 0.170 e. The third-order valence-electron chi connectivity index (χ3n) is 4.99. The van der Waals surface area contributed by atoms with E-state index in [1.165, 1.54) is 0 Å². The topological polar surface area (TPSA) is 76.0 Å². The Morgan fingerprint density at radius 2 is 1.80 bits per heavy atom. The lowest BCUT2D eigenvalue weighted by atomic mass is 9.87. The van der Waals surface area contributed by atoms with Gasteiger partial charge in [-0.15, -0.1) is 0 Å². The van der Waals surface area contributed by atoms with Crippen molar-refractivity contribution >= 4 is 5.78 Å². The van der Waals surface area contributed by atoms with Gasteiger partial charge in [-0.25, -0.2) is 0 Å². The number of hydrogen-bond acceptors (Lipinski definition) is 5. The molecule has 0 spiro atoms. The second-order valence-electron chi connectivity index (χ2n) is 7.17. The van der Waals surface area contributed by atoms with E-state index in [0.717, 1.165) is 11.1 Å². The molecule has 4 rings (SSSR count). The first-order valence-corrected chi connectivity index (χ1v) is 8.37. The second-order valence-corrected chi connectivity index (χ2v) is 7.17. The molecule has 2 heterocycles. The van der Waals surface area contributed by atoms with Crippen LogP contribution in [0.1, 0.15) is 47.9 Å². The quantitative estimate of drug-likeness (QED) is 0.834. The highest BCUT2D eigenvalue weighted by molar-refractivity contribution is 6.00. The molecule has 0 radical (unpaired) electrons. The number of ether oxygens (including phenoxy) is 2. The van der Waals surface area contributed by atoms with Crippen molar-refractivity contribution in [2.45, 2.75) is 44.5 Å². The Hall–Kier alpha value is -2.53. The molecule has 0 fully saturated rings.